The molecule has 2 amide bonds. The molecule has 4 aromatic rings. The molecule has 3 aromatic heterocycles. The number of nitrogens with zero attached hydrogens (tertiary/aromatic N) is 3. The maximum absolute atomic E-state index is 13.6. The normalized spacial score (nSPS) is 11.0. The van der Waals surface area contributed by atoms with Gasteiger partial charge in [0.05, 0.1) is 39.5 Å². The third kappa shape index (κ3) is 4.47. The average Bonchev–Trinajstić information content (AvgIpc) is 3.30. The largest absolute Gasteiger partial charge is 0.462 e. The molecule has 0 spiro atoms. The molecule has 0 aliphatic carbocycles. The second-order valence-corrected chi connectivity index (χ2v) is 9.48. The molecule has 3 heterocycles. The summed E-state index contributed by atoms with van der Waals surface area (Å²) in [4.78, 5) is 43.4. The van der Waals surface area contributed by atoms with Crippen LogP contribution in [0.5, 0.6) is 0 Å². The first kappa shape index (κ1) is 25.1. The van der Waals surface area contributed by atoms with Crippen LogP contribution in [0.4, 0.5) is 5.00 Å². The highest BCUT2D eigenvalue weighted by Gasteiger charge is 2.27. The van der Waals surface area contributed by atoms with Crippen LogP contribution in [-0.2, 0) is 11.8 Å². The molecule has 3 N–H and O–H groups in total. The van der Waals surface area contributed by atoms with E-state index in [1.54, 1.807) is 17.7 Å². The van der Waals surface area contributed by atoms with E-state index in [0.29, 0.717) is 34.1 Å². The number of carbonyl (C=O) groups excluding carboxylic acids is 3. The Morgan fingerprint density at radius 3 is 2.53 bits per heavy atom. The number of aromatic nitrogens is 3. The van der Waals surface area contributed by atoms with Gasteiger partial charge in [-0.15, -0.1) is 11.3 Å². The summed E-state index contributed by atoms with van der Waals surface area (Å²) in [6.45, 7) is 7.55. The lowest BCUT2D eigenvalue weighted by Crippen LogP contribution is -2.16. The number of amides is 2. The first-order chi connectivity index (χ1) is 17.1. The predicted octanol–water partition coefficient (Wildman–Crippen LogP) is 4.54. The number of aryl methyl sites for hydroxylation is 2. The van der Waals surface area contributed by atoms with Crippen molar-refractivity contribution in [1.29, 1.82) is 0 Å². The van der Waals surface area contributed by atoms with Gasteiger partial charge in [0, 0.05) is 23.7 Å². The van der Waals surface area contributed by atoms with E-state index in [1.807, 2.05) is 52.1 Å². The smallest absolute Gasteiger partial charge is 0.341 e. The Bertz CT molecular complexity index is 1520. The Morgan fingerprint density at radius 1 is 1.17 bits per heavy atom. The fraction of sp³-hybridized carbons (Fsp3) is 0.269. The Labute approximate surface area is 212 Å². The summed E-state index contributed by atoms with van der Waals surface area (Å²) in [6.07, 6.45) is 0.637. The van der Waals surface area contributed by atoms with Crippen molar-refractivity contribution in [3.8, 4) is 11.3 Å². The summed E-state index contributed by atoms with van der Waals surface area (Å²) in [7, 11) is 1.86. The van der Waals surface area contributed by atoms with E-state index < -0.39 is 17.8 Å². The van der Waals surface area contributed by atoms with Crippen LogP contribution in [0, 0.1) is 20.8 Å². The molecule has 0 radical (unpaired) electrons. The van der Waals surface area contributed by atoms with Crippen molar-refractivity contribution < 1.29 is 19.1 Å². The molecule has 186 valence electrons. The van der Waals surface area contributed by atoms with Crippen molar-refractivity contribution in [3.63, 3.8) is 0 Å². The SMILES string of the molecule is CCCOC(=O)c1c(NC(=O)c2cc(-c3c(C)nn(C)c3C)nc3ccccc23)sc(C(N)=O)c1C. The highest BCUT2D eigenvalue weighted by atomic mass is 32.1. The van der Waals surface area contributed by atoms with Crippen LogP contribution in [0.25, 0.3) is 22.2 Å². The van der Waals surface area contributed by atoms with Crippen molar-refractivity contribution >= 4 is 45.0 Å². The fourth-order valence-electron chi connectivity index (χ4n) is 4.16. The molecule has 0 fully saturated rings. The highest BCUT2D eigenvalue weighted by molar-refractivity contribution is 7.18. The van der Waals surface area contributed by atoms with E-state index in [0.717, 1.165) is 28.3 Å². The number of esters is 1. The Kier molecular flexibility index (Phi) is 6.89. The van der Waals surface area contributed by atoms with Gasteiger partial charge in [-0.25, -0.2) is 9.78 Å². The van der Waals surface area contributed by atoms with Crippen molar-refractivity contribution in [2.45, 2.75) is 34.1 Å². The van der Waals surface area contributed by atoms with Gasteiger partial charge in [-0.2, -0.15) is 5.10 Å². The number of ether oxygens (including phenoxy) is 1. The number of anilines is 1. The van der Waals surface area contributed by atoms with Gasteiger partial charge in [-0.1, -0.05) is 25.1 Å². The molecule has 36 heavy (non-hydrogen) atoms. The lowest BCUT2D eigenvalue weighted by Gasteiger charge is -2.11. The zero-order chi connectivity index (χ0) is 26.1. The number of primary amides is 1. The molecule has 0 unspecified atom stereocenters. The summed E-state index contributed by atoms with van der Waals surface area (Å²) in [6, 6.07) is 9.06. The van der Waals surface area contributed by atoms with Crippen LogP contribution in [0.1, 0.15) is 60.7 Å². The van der Waals surface area contributed by atoms with E-state index in [4.69, 9.17) is 15.5 Å². The van der Waals surface area contributed by atoms with Gasteiger partial charge in [0.25, 0.3) is 11.8 Å². The Hall–Kier alpha value is -4.05. The van der Waals surface area contributed by atoms with Gasteiger partial charge in [0.1, 0.15) is 5.00 Å². The minimum absolute atomic E-state index is 0.133. The molecular weight excluding hydrogens is 478 g/mol. The standard InChI is InChI=1S/C26H27N5O4S/c1-6-11-35-26(34)20-13(2)22(23(27)32)36-25(20)29-24(33)17-12-19(21-14(3)30-31(5)15(21)4)28-18-10-8-7-9-16(17)18/h7-10,12H,6,11H2,1-5H3,(H2,27,32)(H,29,33). The number of rotatable bonds is 7. The van der Waals surface area contributed by atoms with Crippen molar-refractivity contribution in [3.05, 3.63) is 63.3 Å². The number of pyridine rings is 1. The molecule has 10 heteroatoms. The monoisotopic (exact) mass is 505 g/mol. The number of carbonyl (C=O) groups is 3. The third-order valence-electron chi connectivity index (χ3n) is 5.97. The van der Waals surface area contributed by atoms with Crippen LogP contribution >= 0.6 is 11.3 Å². The number of nitrogens with two attached hydrogens (primary N) is 1. The summed E-state index contributed by atoms with van der Waals surface area (Å²) < 4.78 is 7.07. The topological polar surface area (TPSA) is 129 Å². The lowest BCUT2D eigenvalue weighted by atomic mass is 10.0. The molecule has 4 rings (SSSR count). The highest BCUT2D eigenvalue weighted by Crippen LogP contribution is 2.35. The summed E-state index contributed by atoms with van der Waals surface area (Å²) >= 11 is 0.957. The van der Waals surface area contributed by atoms with Crippen molar-refractivity contribution in [1.82, 2.24) is 14.8 Å². The zero-order valence-corrected chi connectivity index (χ0v) is 21.6. The number of benzene rings is 1. The van der Waals surface area contributed by atoms with Crippen LogP contribution in [0.3, 0.4) is 0 Å². The van der Waals surface area contributed by atoms with E-state index in [-0.39, 0.29) is 22.0 Å². The quantitative estimate of drug-likeness (QED) is 0.355. The maximum atomic E-state index is 13.6. The molecule has 0 saturated carbocycles. The molecule has 0 saturated heterocycles. The number of nitrogens with one attached hydrogen (secondary N) is 1. The molecule has 0 aliphatic heterocycles. The lowest BCUT2D eigenvalue weighted by molar-refractivity contribution is 0.0506. The van der Waals surface area contributed by atoms with Crippen LogP contribution < -0.4 is 11.1 Å². The van der Waals surface area contributed by atoms with Crippen LogP contribution in [0.2, 0.25) is 0 Å². The number of fused-ring (bicyclic) bond motifs is 1. The minimum atomic E-state index is -0.679. The molecule has 9 nitrogen and oxygen atoms in total. The van der Waals surface area contributed by atoms with E-state index >= 15 is 0 Å². The molecule has 0 bridgehead atoms. The molecule has 0 atom stereocenters. The van der Waals surface area contributed by atoms with E-state index in [1.165, 1.54) is 0 Å². The maximum Gasteiger partial charge on any atom is 0.341 e. The average molecular weight is 506 g/mol. The van der Waals surface area contributed by atoms with E-state index in [2.05, 4.69) is 10.4 Å². The van der Waals surface area contributed by atoms with Gasteiger partial charge in [-0.05, 0) is 44.9 Å². The molecule has 0 aliphatic rings. The van der Waals surface area contributed by atoms with Crippen LogP contribution in [-0.4, -0.2) is 39.2 Å². The van der Waals surface area contributed by atoms with Crippen molar-refractivity contribution in [2.75, 3.05) is 11.9 Å². The number of hydrogen-bond donors (Lipinski definition) is 2. The second kappa shape index (κ2) is 9.90. The van der Waals surface area contributed by atoms with Crippen LogP contribution in [0.15, 0.2) is 30.3 Å². The Balaban J connectivity index is 1.83. The predicted molar refractivity (Wildman–Crippen MR) is 140 cm³/mol. The zero-order valence-electron chi connectivity index (χ0n) is 20.8. The van der Waals surface area contributed by atoms with E-state index in [9.17, 15) is 14.4 Å². The first-order valence-corrected chi connectivity index (χ1v) is 12.3. The number of thiophene rings is 1. The number of hydrogen-bond acceptors (Lipinski definition) is 7. The number of para-hydroxylation sites is 1. The van der Waals surface area contributed by atoms with Crippen molar-refractivity contribution in [2.24, 2.45) is 12.8 Å². The van der Waals surface area contributed by atoms with Gasteiger partial charge in [0.15, 0.2) is 0 Å². The third-order valence-corrected chi connectivity index (χ3v) is 7.19. The summed E-state index contributed by atoms with van der Waals surface area (Å²) in [5.74, 6) is -1.74. The second-order valence-electron chi connectivity index (χ2n) is 8.46. The molecule has 1 aromatic carbocycles. The first-order valence-electron chi connectivity index (χ1n) is 11.5. The van der Waals surface area contributed by atoms with Gasteiger partial charge in [-0.3, -0.25) is 14.3 Å². The Morgan fingerprint density at radius 2 is 1.89 bits per heavy atom. The summed E-state index contributed by atoms with van der Waals surface area (Å²) in [5.41, 5.74) is 10.2. The fourth-order valence-corrected chi connectivity index (χ4v) is 5.20. The minimum Gasteiger partial charge on any atom is -0.462 e. The van der Waals surface area contributed by atoms with Gasteiger partial charge in [0.2, 0.25) is 0 Å². The molecular formula is C26H27N5O4S. The van der Waals surface area contributed by atoms with Gasteiger partial charge < -0.3 is 15.8 Å². The van der Waals surface area contributed by atoms with Gasteiger partial charge >= 0.3 is 5.97 Å². The summed E-state index contributed by atoms with van der Waals surface area (Å²) in [5, 5.41) is 8.17.